The maximum Gasteiger partial charge on any atom is 0.227 e. The Hall–Kier alpha value is -1.31. The van der Waals surface area contributed by atoms with E-state index in [-0.39, 0.29) is 5.91 Å². The fraction of sp³-hybridized carbons (Fsp3) is 0.533. The van der Waals surface area contributed by atoms with Crippen molar-refractivity contribution in [2.45, 2.75) is 52.6 Å². The van der Waals surface area contributed by atoms with Gasteiger partial charge in [0.1, 0.15) is 0 Å². The zero-order valence-electron chi connectivity index (χ0n) is 11.2. The molecule has 1 amide bonds. The molecule has 1 heterocycles. The molecule has 2 rings (SSSR count). The molecule has 0 fully saturated rings. The molecular weight excluding hydrogens is 210 g/mol. The maximum absolute atomic E-state index is 12.0. The number of rotatable bonds is 2. The first-order valence-corrected chi connectivity index (χ1v) is 6.40. The van der Waals surface area contributed by atoms with Crippen molar-refractivity contribution in [2.75, 3.05) is 0 Å². The van der Waals surface area contributed by atoms with Crippen LogP contribution in [-0.4, -0.2) is 16.8 Å². The molecule has 2 heteroatoms. The van der Waals surface area contributed by atoms with Crippen LogP contribution in [0, 0.1) is 0 Å². The lowest BCUT2D eigenvalue weighted by atomic mass is 9.92. The van der Waals surface area contributed by atoms with Gasteiger partial charge in [0, 0.05) is 12.6 Å². The van der Waals surface area contributed by atoms with Crippen LogP contribution in [0.25, 0.3) is 0 Å². The molecule has 1 aliphatic heterocycles. The standard InChI is InChI=1S/C15H21NO/c1-10(2)12-5-6-13-9-16(11(3)4)15(17)8-14(13)7-12/h5-7,10-11H,8-9H2,1-4H3. The van der Waals surface area contributed by atoms with E-state index in [2.05, 4.69) is 45.9 Å². The number of carbonyl (C=O) groups excluding carboxylic acids is 1. The van der Waals surface area contributed by atoms with Crippen LogP contribution in [0.5, 0.6) is 0 Å². The lowest BCUT2D eigenvalue weighted by Crippen LogP contribution is -2.40. The van der Waals surface area contributed by atoms with Crippen molar-refractivity contribution in [2.24, 2.45) is 0 Å². The van der Waals surface area contributed by atoms with Crippen LogP contribution < -0.4 is 0 Å². The van der Waals surface area contributed by atoms with E-state index in [4.69, 9.17) is 0 Å². The Morgan fingerprint density at radius 3 is 2.41 bits per heavy atom. The third-order valence-electron chi connectivity index (χ3n) is 3.52. The van der Waals surface area contributed by atoms with Gasteiger partial charge in [-0.15, -0.1) is 0 Å². The van der Waals surface area contributed by atoms with Crippen molar-refractivity contribution in [1.29, 1.82) is 0 Å². The quantitative estimate of drug-likeness (QED) is 0.766. The van der Waals surface area contributed by atoms with Gasteiger partial charge in [0.25, 0.3) is 0 Å². The molecule has 0 N–H and O–H groups in total. The topological polar surface area (TPSA) is 20.3 Å². The Morgan fingerprint density at radius 2 is 1.82 bits per heavy atom. The molecule has 1 aromatic rings. The average Bonchev–Trinajstić information content (AvgIpc) is 2.26. The van der Waals surface area contributed by atoms with Gasteiger partial charge < -0.3 is 4.90 Å². The number of amides is 1. The van der Waals surface area contributed by atoms with Crippen LogP contribution in [-0.2, 0) is 17.8 Å². The van der Waals surface area contributed by atoms with Crippen molar-refractivity contribution in [1.82, 2.24) is 4.90 Å². The Bertz CT molecular complexity index is 435. The van der Waals surface area contributed by atoms with E-state index in [1.54, 1.807) is 0 Å². The van der Waals surface area contributed by atoms with Gasteiger partial charge in [-0.25, -0.2) is 0 Å². The predicted molar refractivity (Wildman–Crippen MR) is 69.9 cm³/mol. The highest BCUT2D eigenvalue weighted by Gasteiger charge is 2.24. The summed E-state index contributed by atoms with van der Waals surface area (Å²) in [7, 11) is 0. The molecule has 92 valence electrons. The monoisotopic (exact) mass is 231 g/mol. The van der Waals surface area contributed by atoms with Gasteiger partial charge in [-0.3, -0.25) is 4.79 Å². The first-order valence-electron chi connectivity index (χ1n) is 6.40. The second-order valence-electron chi connectivity index (χ2n) is 5.48. The van der Waals surface area contributed by atoms with Crippen molar-refractivity contribution < 1.29 is 4.79 Å². The lowest BCUT2D eigenvalue weighted by Gasteiger charge is -2.32. The van der Waals surface area contributed by atoms with Crippen molar-refractivity contribution in [3.05, 3.63) is 34.9 Å². The molecular formula is C15H21NO. The molecule has 0 radical (unpaired) electrons. The minimum atomic E-state index is 0.258. The first-order chi connectivity index (χ1) is 7.99. The molecule has 0 bridgehead atoms. The van der Waals surface area contributed by atoms with E-state index in [0.717, 1.165) is 6.54 Å². The average molecular weight is 231 g/mol. The number of benzene rings is 1. The van der Waals surface area contributed by atoms with Crippen LogP contribution in [0.4, 0.5) is 0 Å². The van der Waals surface area contributed by atoms with Crippen LogP contribution in [0.15, 0.2) is 18.2 Å². The highest BCUT2D eigenvalue weighted by molar-refractivity contribution is 5.81. The minimum Gasteiger partial charge on any atom is -0.336 e. The molecule has 17 heavy (non-hydrogen) atoms. The van der Waals surface area contributed by atoms with Gasteiger partial charge in [0.15, 0.2) is 0 Å². The summed E-state index contributed by atoms with van der Waals surface area (Å²) in [5.41, 5.74) is 3.86. The molecule has 2 nitrogen and oxygen atoms in total. The van der Waals surface area contributed by atoms with Crippen molar-refractivity contribution >= 4 is 5.91 Å². The van der Waals surface area contributed by atoms with E-state index in [0.29, 0.717) is 18.4 Å². The normalized spacial score (nSPS) is 15.6. The third kappa shape index (κ3) is 2.36. The molecule has 0 saturated carbocycles. The predicted octanol–water partition coefficient (Wildman–Crippen LogP) is 3.10. The molecule has 0 spiro atoms. The summed E-state index contributed by atoms with van der Waals surface area (Å²) in [6, 6.07) is 6.88. The van der Waals surface area contributed by atoms with E-state index in [1.165, 1.54) is 16.7 Å². The summed E-state index contributed by atoms with van der Waals surface area (Å²) >= 11 is 0. The molecule has 0 saturated heterocycles. The first kappa shape index (κ1) is 12.2. The minimum absolute atomic E-state index is 0.258. The Labute approximate surface area is 104 Å². The number of fused-ring (bicyclic) bond motifs is 1. The highest BCUT2D eigenvalue weighted by atomic mass is 16.2. The Balaban J connectivity index is 2.32. The van der Waals surface area contributed by atoms with Crippen LogP contribution in [0.2, 0.25) is 0 Å². The summed E-state index contributed by atoms with van der Waals surface area (Å²) in [6.45, 7) is 9.29. The van der Waals surface area contributed by atoms with Gasteiger partial charge in [-0.1, -0.05) is 32.0 Å². The fourth-order valence-corrected chi connectivity index (χ4v) is 2.33. The van der Waals surface area contributed by atoms with Gasteiger partial charge in [-0.2, -0.15) is 0 Å². The number of nitrogens with zero attached hydrogens (tertiary/aromatic N) is 1. The van der Waals surface area contributed by atoms with Crippen LogP contribution in [0.1, 0.15) is 50.3 Å². The van der Waals surface area contributed by atoms with E-state index in [1.807, 2.05) is 4.90 Å². The third-order valence-corrected chi connectivity index (χ3v) is 3.52. The molecule has 0 unspecified atom stereocenters. The molecule has 0 atom stereocenters. The molecule has 0 aromatic heterocycles. The summed E-state index contributed by atoms with van der Waals surface area (Å²) in [5.74, 6) is 0.784. The molecule has 1 aromatic carbocycles. The number of hydrogen-bond acceptors (Lipinski definition) is 1. The zero-order valence-corrected chi connectivity index (χ0v) is 11.2. The van der Waals surface area contributed by atoms with E-state index >= 15 is 0 Å². The summed E-state index contributed by atoms with van der Waals surface area (Å²) in [6.07, 6.45) is 0.564. The lowest BCUT2D eigenvalue weighted by molar-refractivity contribution is -0.133. The highest BCUT2D eigenvalue weighted by Crippen LogP contribution is 2.25. The van der Waals surface area contributed by atoms with Gasteiger partial charge in [-0.05, 0) is 36.5 Å². The second-order valence-corrected chi connectivity index (χ2v) is 5.48. The van der Waals surface area contributed by atoms with Crippen molar-refractivity contribution in [3.63, 3.8) is 0 Å². The van der Waals surface area contributed by atoms with E-state index < -0.39 is 0 Å². The zero-order chi connectivity index (χ0) is 12.6. The summed E-state index contributed by atoms with van der Waals surface area (Å²) in [5, 5.41) is 0. The number of carbonyl (C=O) groups is 1. The van der Waals surface area contributed by atoms with Crippen molar-refractivity contribution in [3.8, 4) is 0 Å². The molecule has 1 aliphatic rings. The smallest absolute Gasteiger partial charge is 0.227 e. The maximum atomic E-state index is 12.0. The Kier molecular flexibility index (Phi) is 3.23. The fourth-order valence-electron chi connectivity index (χ4n) is 2.33. The van der Waals surface area contributed by atoms with E-state index in [9.17, 15) is 4.79 Å². The van der Waals surface area contributed by atoms with Gasteiger partial charge in [0.2, 0.25) is 5.91 Å². The summed E-state index contributed by atoms with van der Waals surface area (Å²) < 4.78 is 0. The largest absolute Gasteiger partial charge is 0.336 e. The number of hydrogen-bond donors (Lipinski definition) is 0. The van der Waals surface area contributed by atoms with Crippen LogP contribution in [0.3, 0.4) is 0 Å². The van der Waals surface area contributed by atoms with Crippen LogP contribution >= 0.6 is 0 Å². The summed E-state index contributed by atoms with van der Waals surface area (Å²) in [4.78, 5) is 14.0. The SMILES string of the molecule is CC(C)c1ccc2c(c1)CC(=O)N(C(C)C)C2. The van der Waals surface area contributed by atoms with Gasteiger partial charge in [0.05, 0.1) is 6.42 Å². The Morgan fingerprint density at radius 1 is 1.12 bits per heavy atom. The van der Waals surface area contributed by atoms with Gasteiger partial charge >= 0.3 is 0 Å². The second kappa shape index (κ2) is 4.52. The molecule has 0 aliphatic carbocycles.